The standard InChI is InChI=1S/C17H21BrN2O4/c1-17(2,3)24-15(22)9-19-16(23)11-8-14(21)20(10-11)13-7-5-4-6-12(13)18/h4-7,11H,8-10H2,1-3H3,(H,19,23). The number of anilines is 1. The lowest BCUT2D eigenvalue weighted by Gasteiger charge is -2.20. The van der Waals surface area contributed by atoms with Gasteiger partial charge in [-0.05, 0) is 48.8 Å². The van der Waals surface area contributed by atoms with Crippen molar-refractivity contribution in [1.82, 2.24) is 5.32 Å². The third kappa shape index (κ3) is 4.80. The van der Waals surface area contributed by atoms with Gasteiger partial charge >= 0.3 is 5.97 Å². The summed E-state index contributed by atoms with van der Waals surface area (Å²) >= 11 is 3.41. The van der Waals surface area contributed by atoms with E-state index in [0.717, 1.165) is 10.2 Å². The molecule has 7 heteroatoms. The van der Waals surface area contributed by atoms with Gasteiger partial charge in [0.1, 0.15) is 12.1 Å². The third-order valence-corrected chi connectivity index (χ3v) is 4.14. The molecule has 1 heterocycles. The fourth-order valence-corrected chi connectivity index (χ4v) is 2.97. The Hall–Kier alpha value is -1.89. The highest BCUT2D eigenvalue weighted by Crippen LogP contribution is 2.31. The van der Waals surface area contributed by atoms with E-state index >= 15 is 0 Å². The zero-order chi connectivity index (χ0) is 17.9. The molecule has 1 aliphatic heterocycles. The second-order valence-corrected chi connectivity index (χ2v) is 7.52. The lowest BCUT2D eigenvalue weighted by molar-refractivity contribution is -0.154. The molecule has 1 saturated heterocycles. The summed E-state index contributed by atoms with van der Waals surface area (Å²) in [6, 6.07) is 7.36. The summed E-state index contributed by atoms with van der Waals surface area (Å²) < 4.78 is 5.94. The van der Waals surface area contributed by atoms with Crippen LogP contribution in [-0.2, 0) is 19.1 Å². The van der Waals surface area contributed by atoms with Gasteiger partial charge in [0.25, 0.3) is 0 Å². The summed E-state index contributed by atoms with van der Waals surface area (Å²) in [4.78, 5) is 37.7. The number of esters is 1. The predicted octanol–water partition coefficient (Wildman–Crippen LogP) is 2.26. The average molecular weight is 397 g/mol. The van der Waals surface area contributed by atoms with Crippen LogP contribution in [0, 0.1) is 5.92 Å². The van der Waals surface area contributed by atoms with E-state index in [-0.39, 0.29) is 24.8 Å². The third-order valence-electron chi connectivity index (χ3n) is 3.47. The maximum absolute atomic E-state index is 12.2. The van der Waals surface area contributed by atoms with Crippen LogP contribution in [0.4, 0.5) is 5.69 Å². The fourth-order valence-electron chi connectivity index (χ4n) is 2.47. The summed E-state index contributed by atoms with van der Waals surface area (Å²) in [6.45, 7) is 5.38. The number of rotatable bonds is 4. The van der Waals surface area contributed by atoms with Crippen molar-refractivity contribution in [3.05, 3.63) is 28.7 Å². The number of carbonyl (C=O) groups excluding carboxylic acids is 3. The van der Waals surface area contributed by atoms with E-state index in [2.05, 4.69) is 21.2 Å². The molecule has 0 aliphatic carbocycles. The minimum Gasteiger partial charge on any atom is -0.459 e. The van der Waals surface area contributed by atoms with Crippen LogP contribution < -0.4 is 10.2 Å². The highest BCUT2D eigenvalue weighted by Gasteiger charge is 2.36. The monoisotopic (exact) mass is 396 g/mol. The predicted molar refractivity (Wildman–Crippen MR) is 93.5 cm³/mol. The molecule has 0 saturated carbocycles. The second kappa shape index (κ2) is 7.34. The Balaban J connectivity index is 1.92. The Morgan fingerprint density at radius 3 is 2.62 bits per heavy atom. The Morgan fingerprint density at radius 1 is 1.33 bits per heavy atom. The molecule has 130 valence electrons. The summed E-state index contributed by atoms with van der Waals surface area (Å²) in [5.74, 6) is -1.40. The van der Waals surface area contributed by atoms with Gasteiger partial charge in [0, 0.05) is 17.4 Å². The number of halogens is 1. The minimum atomic E-state index is -0.596. The number of nitrogens with zero attached hydrogens (tertiary/aromatic N) is 1. The van der Waals surface area contributed by atoms with E-state index in [4.69, 9.17) is 4.74 Å². The van der Waals surface area contributed by atoms with E-state index in [1.807, 2.05) is 24.3 Å². The maximum Gasteiger partial charge on any atom is 0.325 e. The minimum absolute atomic E-state index is 0.112. The molecule has 6 nitrogen and oxygen atoms in total. The molecule has 1 unspecified atom stereocenters. The molecular formula is C17H21BrN2O4. The van der Waals surface area contributed by atoms with Gasteiger partial charge in [-0.15, -0.1) is 0 Å². The molecule has 1 aromatic rings. The van der Waals surface area contributed by atoms with Gasteiger partial charge in [0.05, 0.1) is 11.6 Å². The lowest BCUT2D eigenvalue weighted by atomic mass is 10.1. The lowest BCUT2D eigenvalue weighted by Crippen LogP contribution is -2.38. The summed E-state index contributed by atoms with van der Waals surface area (Å²) in [7, 11) is 0. The smallest absolute Gasteiger partial charge is 0.325 e. The highest BCUT2D eigenvalue weighted by molar-refractivity contribution is 9.10. The van der Waals surface area contributed by atoms with Gasteiger partial charge in [0.2, 0.25) is 11.8 Å². The number of para-hydroxylation sites is 1. The van der Waals surface area contributed by atoms with Crippen molar-refractivity contribution in [1.29, 1.82) is 0 Å². The number of hydrogen-bond donors (Lipinski definition) is 1. The van der Waals surface area contributed by atoms with Crippen molar-refractivity contribution in [3.63, 3.8) is 0 Å². The molecular weight excluding hydrogens is 376 g/mol. The first kappa shape index (κ1) is 18.4. The number of ether oxygens (including phenoxy) is 1. The van der Waals surface area contributed by atoms with Gasteiger partial charge in [-0.25, -0.2) is 0 Å². The molecule has 1 atom stereocenters. The van der Waals surface area contributed by atoms with E-state index in [1.54, 1.807) is 25.7 Å². The normalized spacial score (nSPS) is 17.8. The van der Waals surface area contributed by atoms with Crippen LogP contribution in [0.3, 0.4) is 0 Å². The molecule has 0 radical (unpaired) electrons. The van der Waals surface area contributed by atoms with Crippen molar-refractivity contribution < 1.29 is 19.1 Å². The van der Waals surface area contributed by atoms with Gasteiger partial charge in [-0.1, -0.05) is 12.1 Å². The van der Waals surface area contributed by atoms with E-state index < -0.39 is 17.5 Å². The van der Waals surface area contributed by atoms with Crippen molar-refractivity contribution >= 4 is 39.4 Å². The molecule has 24 heavy (non-hydrogen) atoms. The summed E-state index contributed by atoms with van der Waals surface area (Å²) in [6.07, 6.45) is 0.126. The van der Waals surface area contributed by atoms with Gasteiger partial charge in [-0.2, -0.15) is 0 Å². The topological polar surface area (TPSA) is 75.7 Å². The van der Waals surface area contributed by atoms with Crippen LogP contribution in [0.15, 0.2) is 28.7 Å². The molecule has 2 rings (SSSR count). The Bertz CT molecular complexity index is 654. The largest absolute Gasteiger partial charge is 0.459 e. The van der Waals surface area contributed by atoms with Gasteiger partial charge in [0.15, 0.2) is 0 Å². The molecule has 0 spiro atoms. The van der Waals surface area contributed by atoms with Crippen LogP contribution in [0.1, 0.15) is 27.2 Å². The Labute approximate surface area is 149 Å². The van der Waals surface area contributed by atoms with Gasteiger partial charge < -0.3 is 15.0 Å². The first-order valence-electron chi connectivity index (χ1n) is 7.72. The summed E-state index contributed by atoms with van der Waals surface area (Å²) in [5, 5.41) is 2.55. The molecule has 2 amide bonds. The molecule has 1 aliphatic rings. The van der Waals surface area contributed by atoms with Crippen LogP contribution in [-0.4, -0.2) is 36.5 Å². The van der Waals surface area contributed by atoms with E-state index in [9.17, 15) is 14.4 Å². The Morgan fingerprint density at radius 2 is 2.00 bits per heavy atom. The SMILES string of the molecule is CC(C)(C)OC(=O)CNC(=O)C1CC(=O)N(c2ccccc2Br)C1. The fraction of sp³-hybridized carbons (Fsp3) is 0.471. The summed E-state index contributed by atoms with van der Waals surface area (Å²) in [5.41, 5.74) is 0.145. The van der Waals surface area contributed by atoms with Crippen molar-refractivity contribution in [2.45, 2.75) is 32.8 Å². The zero-order valence-electron chi connectivity index (χ0n) is 14.0. The second-order valence-electron chi connectivity index (χ2n) is 6.66. The molecule has 1 aromatic carbocycles. The first-order chi connectivity index (χ1) is 11.2. The Kier molecular flexibility index (Phi) is 5.64. The first-order valence-corrected chi connectivity index (χ1v) is 8.51. The number of hydrogen-bond acceptors (Lipinski definition) is 4. The maximum atomic E-state index is 12.2. The molecule has 1 fully saturated rings. The van der Waals surface area contributed by atoms with Crippen LogP contribution in [0.5, 0.6) is 0 Å². The molecule has 0 bridgehead atoms. The van der Waals surface area contributed by atoms with Crippen LogP contribution in [0.25, 0.3) is 0 Å². The highest BCUT2D eigenvalue weighted by atomic mass is 79.9. The van der Waals surface area contributed by atoms with Crippen molar-refractivity contribution in [2.75, 3.05) is 18.0 Å². The molecule has 0 aromatic heterocycles. The molecule has 1 N–H and O–H groups in total. The van der Waals surface area contributed by atoms with Gasteiger partial charge in [-0.3, -0.25) is 14.4 Å². The number of carbonyl (C=O) groups is 3. The zero-order valence-corrected chi connectivity index (χ0v) is 15.6. The van der Waals surface area contributed by atoms with Crippen LogP contribution in [0.2, 0.25) is 0 Å². The van der Waals surface area contributed by atoms with E-state index in [1.165, 1.54) is 0 Å². The van der Waals surface area contributed by atoms with E-state index in [0.29, 0.717) is 6.54 Å². The van der Waals surface area contributed by atoms with Crippen LogP contribution >= 0.6 is 15.9 Å². The quantitative estimate of drug-likeness (QED) is 0.791. The number of benzene rings is 1. The number of nitrogens with one attached hydrogen (secondary N) is 1. The van der Waals surface area contributed by atoms with Crippen molar-refractivity contribution in [2.24, 2.45) is 5.92 Å². The van der Waals surface area contributed by atoms with Crippen molar-refractivity contribution in [3.8, 4) is 0 Å². The average Bonchev–Trinajstić information content (AvgIpc) is 2.85. The number of amides is 2.